The zero-order chi connectivity index (χ0) is 9.84. The highest BCUT2D eigenvalue weighted by molar-refractivity contribution is 5.85. The van der Waals surface area contributed by atoms with E-state index in [2.05, 4.69) is 5.92 Å². The Morgan fingerprint density at radius 3 is 3.08 bits per heavy atom. The summed E-state index contributed by atoms with van der Waals surface area (Å²) in [6.07, 6.45) is 4.99. The lowest BCUT2D eigenvalue weighted by molar-refractivity contribution is -0.154. The van der Waals surface area contributed by atoms with Crippen LogP contribution in [0.25, 0.3) is 0 Å². The lowest BCUT2D eigenvalue weighted by Crippen LogP contribution is -2.31. The van der Waals surface area contributed by atoms with Gasteiger partial charge in [-0.15, -0.1) is 6.42 Å². The van der Waals surface area contributed by atoms with Crippen molar-refractivity contribution >= 4 is 11.9 Å². The second-order valence-electron chi connectivity index (χ2n) is 2.85. The fourth-order valence-electron chi connectivity index (χ4n) is 1.29. The quantitative estimate of drug-likeness (QED) is 0.437. The first kappa shape index (κ1) is 9.59. The highest BCUT2D eigenvalue weighted by Crippen LogP contribution is 2.13. The summed E-state index contributed by atoms with van der Waals surface area (Å²) < 4.78 is 4.80. The highest BCUT2D eigenvalue weighted by atomic mass is 16.5. The molecule has 0 bridgehead atoms. The summed E-state index contributed by atoms with van der Waals surface area (Å²) in [6.45, 7) is 2.15. The van der Waals surface area contributed by atoms with Gasteiger partial charge in [0, 0.05) is 19.9 Å². The summed E-state index contributed by atoms with van der Waals surface area (Å²) in [5.41, 5.74) is 0. The summed E-state index contributed by atoms with van der Waals surface area (Å²) in [6, 6.07) is 0. The number of hydrogen-bond donors (Lipinski definition) is 0. The van der Waals surface area contributed by atoms with Crippen molar-refractivity contribution in [3.05, 3.63) is 0 Å². The Hall–Kier alpha value is -1.50. The van der Waals surface area contributed by atoms with Gasteiger partial charge in [-0.1, -0.05) is 5.92 Å². The molecule has 1 atom stereocenters. The van der Waals surface area contributed by atoms with E-state index in [1.54, 1.807) is 0 Å². The summed E-state index contributed by atoms with van der Waals surface area (Å²) in [7, 11) is 0. The van der Waals surface area contributed by atoms with Gasteiger partial charge in [-0.3, -0.25) is 9.59 Å². The first-order valence-electron chi connectivity index (χ1n) is 4.04. The number of hydrogen-bond acceptors (Lipinski definition) is 3. The van der Waals surface area contributed by atoms with E-state index in [0.29, 0.717) is 13.0 Å². The van der Waals surface area contributed by atoms with Crippen molar-refractivity contribution in [2.75, 3.05) is 13.1 Å². The monoisotopic (exact) mass is 181 g/mol. The van der Waals surface area contributed by atoms with Crippen LogP contribution in [0.3, 0.4) is 0 Å². The number of carbonyl (C=O) groups excluding carboxylic acids is 2. The normalized spacial score (nSPS) is 21.4. The van der Waals surface area contributed by atoms with E-state index in [9.17, 15) is 9.59 Å². The molecule has 1 rings (SSSR count). The lowest BCUT2D eigenvalue weighted by atomic mass is 10.3. The molecule has 0 aromatic heterocycles. The van der Waals surface area contributed by atoms with E-state index in [4.69, 9.17) is 11.2 Å². The Morgan fingerprint density at radius 2 is 2.54 bits per heavy atom. The second kappa shape index (κ2) is 3.94. The fraction of sp³-hybridized carbons (Fsp3) is 0.556. The van der Waals surface area contributed by atoms with Crippen LogP contribution in [-0.4, -0.2) is 36.0 Å². The van der Waals surface area contributed by atoms with Gasteiger partial charge in [-0.05, 0) is 0 Å². The number of amides is 1. The molecule has 0 N–H and O–H groups in total. The SMILES string of the molecule is C#CCN1CC[C@@H](OC(C)=O)C1=O. The Bertz CT molecular complexity index is 267. The Kier molecular flexibility index (Phi) is 2.91. The molecular weight excluding hydrogens is 170 g/mol. The van der Waals surface area contributed by atoms with Crippen LogP contribution in [-0.2, 0) is 14.3 Å². The average Bonchev–Trinajstić information content (AvgIpc) is 2.36. The molecule has 0 aromatic carbocycles. The minimum absolute atomic E-state index is 0.187. The van der Waals surface area contributed by atoms with Crippen molar-refractivity contribution in [1.29, 1.82) is 0 Å². The number of carbonyl (C=O) groups is 2. The van der Waals surface area contributed by atoms with Crippen LogP contribution in [0.1, 0.15) is 13.3 Å². The van der Waals surface area contributed by atoms with Gasteiger partial charge in [0.15, 0.2) is 6.10 Å². The van der Waals surface area contributed by atoms with E-state index in [1.165, 1.54) is 11.8 Å². The lowest BCUT2D eigenvalue weighted by Gasteiger charge is -2.12. The highest BCUT2D eigenvalue weighted by Gasteiger charge is 2.33. The summed E-state index contributed by atoms with van der Waals surface area (Å²) in [4.78, 5) is 23.5. The van der Waals surface area contributed by atoms with Crippen LogP contribution in [0.5, 0.6) is 0 Å². The maximum Gasteiger partial charge on any atom is 0.303 e. The molecular formula is C9H11NO3. The molecule has 13 heavy (non-hydrogen) atoms. The number of rotatable bonds is 2. The topological polar surface area (TPSA) is 46.6 Å². The molecule has 0 radical (unpaired) electrons. The molecule has 1 aliphatic rings. The maximum absolute atomic E-state index is 11.4. The maximum atomic E-state index is 11.4. The van der Waals surface area contributed by atoms with E-state index >= 15 is 0 Å². The van der Waals surface area contributed by atoms with Crippen molar-refractivity contribution < 1.29 is 14.3 Å². The van der Waals surface area contributed by atoms with Crippen LogP contribution in [0, 0.1) is 12.3 Å². The Morgan fingerprint density at radius 1 is 1.85 bits per heavy atom. The summed E-state index contributed by atoms with van der Waals surface area (Å²) in [5.74, 6) is 1.76. The van der Waals surface area contributed by atoms with Crippen molar-refractivity contribution in [1.82, 2.24) is 4.90 Å². The van der Waals surface area contributed by atoms with Gasteiger partial charge in [0.05, 0.1) is 6.54 Å². The van der Waals surface area contributed by atoms with Crippen molar-refractivity contribution in [2.45, 2.75) is 19.4 Å². The number of likely N-dealkylation sites (tertiary alicyclic amines) is 1. The first-order chi connectivity index (χ1) is 6.15. The molecule has 0 unspecified atom stereocenters. The first-order valence-corrected chi connectivity index (χ1v) is 4.04. The minimum atomic E-state index is -0.620. The summed E-state index contributed by atoms with van der Waals surface area (Å²) in [5, 5.41) is 0. The number of nitrogens with zero attached hydrogens (tertiary/aromatic N) is 1. The third kappa shape index (κ3) is 2.22. The van der Waals surface area contributed by atoms with Gasteiger partial charge in [-0.25, -0.2) is 0 Å². The van der Waals surface area contributed by atoms with Crippen molar-refractivity contribution in [2.24, 2.45) is 0 Å². The van der Waals surface area contributed by atoms with Gasteiger partial charge in [-0.2, -0.15) is 0 Å². The number of terminal acetylenes is 1. The Labute approximate surface area is 76.8 Å². The second-order valence-corrected chi connectivity index (χ2v) is 2.85. The molecule has 1 fully saturated rings. The van der Waals surface area contributed by atoms with Gasteiger partial charge in [0.2, 0.25) is 0 Å². The summed E-state index contributed by atoms with van der Waals surface area (Å²) >= 11 is 0. The zero-order valence-electron chi connectivity index (χ0n) is 7.45. The molecule has 1 heterocycles. The molecule has 0 spiro atoms. The van der Waals surface area contributed by atoms with Gasteiger partial charge in [0.25, 0.3) is 5.91 Å². The Balaban J connectivity index is 2.51. The molecule has 4 heteroatoms. The van der Waals surface area contributed by atoms with Gasteiger partial charge >= 0.3 is 5.97 Å². The predicted octanol–water partition coefficient (Wildman–Crippen LogP) is -0.216. The minimum Gasteiger partial charge on any atom is -0.452 e. The average molecular weight is 181 g/mol. The van der Waals surface area contributed by atoms with Crippen LogP contribution in [0.2, 0.25) is 0 Å². The fourth-order valence-corrected chi connectivity index (χ4v) is 1.29. The predicted molar refractivity (Wildman–Crippen MR) is 45.6 cm³/mol. The van der Waals surface area contributed by atoms with E-state index in [1.807, 2.05) is 0 Å². The number of ether oxygens (including phenoxy) is 1. The molecule has 1 aliphatic heterocycles. The molecule has 0 aromatic rings. The van der Waals surface area contributed by atoms with E-state index < -0.39 is 12.1 Å². The largest absolute Gasteiger partial charge is 0.452 e. The third-order valence-electron chi connectivity index (χ3n) is 1.84. The molecule has 4 nitrogen and oxygen atoms in total. The molecule has 1 amide bonds. The van der Waals surface area contributed by atoms with Gasteiger partial charge < -0.3 is 9.64 Å². The van der Waals surface area contributed by atoms with Crippen LogP contribution in [0.4, 0.5) is 0 Å². The van der Waals surface area contributed by atoms with Crippen molar-refractivity contribution in [3.8, 4) is 12.3 Å². The van der Waals surface area contributed by atoms with Crippen LogP contribution < -0.4 is 0 Å². The molecule has 0 aliphatic carbocycles. The zero-order valence-corrected chi connectivity index (χ0v) is 7.45. The smallest absolute Gasteiger partial charge is 0.303 e. The van der Waals surface area contributed by atoms with Crippen molar-refractivity contribution in [3.63, 3.8) is 0 Å². The van der Waals surface area contributed by atoms with Gasteiger partial charge in [0.1, 0.15) is 0 Å². The third-order valence-corrected chi connectivity index (χ3v) is 1.84. The standard InChI is InChI=1S/C9H11NO3/c1-3-5-10-6-4-8(9(10)12)13-7(2)11/h1,8H,4-6H2,2H3/t8-/m1/s1. The molecule has 1 saturated heterocycles. The van der Waals surface area contributed by atoms with E-state index in [0.717, 1.165) is 0 Å². The molecule has 0 saturated carbocycles. The van der Waals surface area contributed by atoms with Crippen LogP contribution in [0.15, 0.2) is 0 Å². The molecule has 70 valence electrons. The van der Waals surface area contributed by atoms with Crippen LogP contribution >= 0.6 is 0 Å². The van der Waals surface area contributed by atoms with E-state index in [-0.39, 0.29) is 12.5 Å². The number of esters is 1.